The highest BCUT2D eigenvalue weighted by atomic mass is 79.9. The van der Waals surface area contributed by atoms with Crippen molar-refractivity contribution in [1.82, 2.24) is 4.98 Å². The number of rotatable bonds is 6. The van der Waals surface area contributed by atoms with Crippen molar-refractivity contribution in [2.45, 2.75) is 57.0 Å². The molecule has 1 aromatic heterocycles. The second-order valence-corrected chi connectivity index (χ2v) is 7.95. The van der Waals surface area contributed by atoms with Gasteiger partial charge in [-0.15, -0.1) is 0 Å². The molecule has 0 amide bonds. The van der Waals surface area contributed by atoms with Gasteiger partial charge in [0.05, 0.1) is 12.2 Å². The van der Waals surface area contributed by atoms with Crippen LogP contribution in [0.25, 0.3) is 0 Å². The smallest absolute Gasteiger partial charge is 0.159 e. The van der Waals surface area contributed by atoms with Gasteiger partial charge in [0.2, 0.25) is 0 Å². The van der Waals surface area contributed by atoms with Crippen LogP contribution in [-0.2, 0) is 14.2 Å². The number of aromatic nitrogens is 1. The van der Waals surface area contributed by atoms with Gasteiger partial charge in [0.1, 0.15) is 5.82 Å². The summed E-state index contributed by atoms with van der Waals surface area (Å²) >= 11 is 3.52. The number of piperidine rings is 1. The summed E-state index contributed by atoms with van der Waals surface area (Å²) in [5, 5.41) is 0. The quantitative estimate of drug-likeness (QED) is 0.660. The Labute approximate surface area is 159 Å². The highest BCUT2D eigenvalue weighted by Crippen LogP contribution is 2.32. The van der Waals surface area contributed by atoms with Gasteiger partial charge in [0.15, 0.2) is 6.29 Å². The fourth-order valence-electron chi connectivity index (χ4n) is 4.04. The summed E-state index contributed by atoms with van der Waals surface area (Å²) in [6, 6.07) is 4.05. The van der Waals surface area contributed by atoms with Gasteiger partial charge in [0.25, 0.3) is 0 Å². The topological polar surface area (TPSA) is 43.8 Å². The van der Waals surface area contributed by atoms with Crippen LogP contribution < -0.4 is 4.90 Å². The van der Waals surface area contributed by atoms with Crippen LogP contribution in [0.3, 0.4) is 0 Å². The van der Waals surface area contributed by atoms with Crippen LogP contribution in [-0.4, -0.2) is 50.8 Å². The van der Waals surface area contributed by atoms with E-state index < -0.39 is 0 Å². The van der Waals surface area contributed by atoms with Gasteiger partial charge in [-0.3, -0.25) is 0 Å². The monoisotopic (exact) mass is 412 g/mol. The Balaban J connectivity index is 1.41. The fraction of sp³-hybridized carbons (Fsp3) is 0.737. The maximum atomic E-state index is 6.40. The van der Waals surface area contributed by atoms with E-state index in [0.717, 1.165) is 61.9 Å². The first-order valence-electron chi connectivity index (χ1n) is 9.27. The fourth-order valence-corrected chi connectivity index (χ4v) is 4.36. The van der Waals surface area contributed by atoms with Gasteiger partial charge >= 0.3 is 0 Å². The van der Waals surface area contributed by atoms with E-state index in [1.54, 1.807) is 14.2 Å². The molecule has 0 aromatic carbocycles. The molecule has 2 fully saturated rings. The van der Waals surface area contributed by atoms with Gasteiger partial charge < -0.3 is 19.1 Å². The van der Waals surface area contributed by atoms with E-state index in [1.807, 2.05) is 12.3 Å². The van der Waals surface area contributed by atoms with Crippen molar-refractivity contribution in [3.63, 3.8) is 0 Å². The van der Waals surface area contributed by atoms with Crippen LogP contribution in [0.2, 0.25) is 0 Å². The zero-order chi connectivity index (χ0) is 17.6. The summed E-state index contributed by atoms with van der Waals surface area (Å²) in [5.74, 6) is 1.55. The average Bonchev–Trinajstić information content (AvgIpc) is 2.65. The molecular formula is C19H29BrN2O3. The Kier molecular flexibility index (Phi) is 7.10. The molecular weight excluding hydrogens is 384 g/mol. The molecule has 140 valence electrons. The van der Waals surface area contributed by atoms with Crippen molar-refractivity contribution >= 4 is 21.7 Å². The van der Waals surface area contributed by atoms with Crippen molar-refractivity contribution in [1.29, 1.82) is 0 Å². The van der Waals surface area contributed by atoms with E-state index >= 15 is 0 Å². The molecule has 0 N–H and O–H groups in total. The summed E-state index contributed by atoms with van der Waals surface area (Å²) in [6.45, 7) is 2.03. The third kappa shape index (κ3) is 5.16. The molecule has 0 bridgehead atoms. The molecule has 1 saturated carbocycles. The first kappa shape index (κ1) is 19.1. The lowest BCUT2D eigenvalue weighted by Crippen LogP contribution is -2.40. The highest BCUT2D eigenvalue weighted by Gasteiger charge is 2.30. The predicted molar refractivity (Wildman–Crippen MR) is 102 cm³/mol. The van der Waals surface area contributed by atoms with E-state index in [-0.39, 0.29) is 6.29 Å². The number of nitrogens with zero attached hydrogens (tertiary/aromatic N) is 2. The predicted octanol–water partition coefficient (Wildman–Crippen LogP) is 4.01. The molecule has 1 aromatic rings. The van der Waals surface area contributed by atoms with Crippen molar-refractivity contribution < 1.29 is 14.2 Å². The maximum absolute atomic E-state index is 6.40. The molecule has 6 heteroatoms. The van der Waals surface area contributed by atoms with E-state index in [9.17, 15) is 0 Å². The van der Waals surface area contributed by atoms with Crippen LogP contribution in [0, 0.1) is 5.92 Å². The third-order valence-corrected chi connectivity index (χ3v) is 5.92. The Morgan fingerprint density at radius 1 is 1.04 bits per heavy atom. The lowest BCUT2D eigenvalue weighted by atomic mass is 9.86. The van der Waals surface area contributed by atoms with E-state index in [2.05, 4.69) is 31.9 Å². The number of halogens is 1. The molecule has 0 unspecified atom stereocenters. The Hall–Kier alpha value is -0.690. The number of hydrogen-bond donors (Lipinski definition) is 0. The zero-order valence-corrected chi connectivity index (χ0v) is 16.8. The van der Waals surface area contributed by atoms with Gasteiger partial charge in [-0.1, -0.05) is 15.9 Å². The van der Waals surface area contributed by atoms with Crippen molar-refractivity contribution in [3.05, 3.63) is 22.8 Å². The minimum absolute atomic E-state index is 0.0677. The summed E-state index contributed by atoms with van der Waals surface area (Å²) in [7, 11) is 3.45. The third-order valence-electron chi connectivity index (χ3n) is 5.43. The second kappa shape index (κ2) is 9.31. The largest absolute Gasteiger partial charge is 0.375 e. The first-order valence-corrected chi connectivity index (χ1v) is 10.1. The Morgan fingerprint density at radius 3 is 2.28 bits per heavy atom. The maximum Gasteiger partial charge on any atom is 0.159 e. The molecule has 0 atom stereocenters. The lowest BCUT2D eigenvalue weighted by molar-refractivity contribution is -0.153. The Bertz CT molecular complexity index is 525. The van der Waals surface area contributed by atoms with E-state index in [1.165, 1.54) is 0 Å². The Morgan fingerprint density at radius 2 is 1.68 bits per heavy atom. The molecule has 25 heavy (non-hydrogen) atoms. The summed E-state index contributed by atoms with van der Waals surface area (Å²) in [6.07, 6.45) is 9.18. The number of anilines is 1. The number of methoxy groups -OCH3 is 2. The zero-order valence-electron chi connectivity index (χ0n) is 15.2. The number of ether oxygens (including phenoxy) is 3. The molecule has 5 nitrogen and oxygen atoms in total. The lowest BCUT2D eigenvalue weighted by Gasteiger charge is -2.37. The van der Waals surface area contributed by atoms with Gasteiger partial charge in [-0.05, 0) is 50.7 Å². The molecule has 1 aliphatic carbocycles. The van der Waals surface area contributed by atoms with Crippen molar-refractivity contribution in [3.8, 4) is 0 Å². The standard InChI is InChI=1S/C19H29BrN2O3/c1-23-19(24-2)14-3-5-16(6-4-14)25-17-8-11-22(12-9-17)18-13-15(20)7-10-21-18/h7,10,13-14,16-17,19H,3-6,8-9,11-12H2,1-2H3. The van der Waals surface area contributed by atoms with E-state index in [0.29, 0.717) is 18.1 Å². The van der Waals surface area contributed by atoms with Crippen molar-refractivity contribution in [2.75, 3.05) is 32.2 Å². The van der Waals surface area contributed by atoms with Crippen LogP contribution in [0.1, 0.15) is 38.5 Å². The minimum Gasteiger partial charge on any atom is -0.375 e. The molecule has 1 saturated heterocycles. The van der Waals surface area contributed by atoms with E-state index in [4.69, 9.17) is 14.2 Å². The average molecular weight is 413 g/mol. The highest BCUT2D eigenvalue weighted by molar-refractivity contribution is 9.10. The molecule has 2 heterocycles. The molecule has 2 aliphatic rings. The number of pyridine rings is 1. The SMILES string of the molecule is COC(OC)C1CCC(OC2CCN(c3cc(Br)ccn3)CC2)CC1. The van der Waals surface area contributed by atoms with Gasteiger partial charge in [-0.2, -0.15) is 0 Å². The normalized spacial score (nSPS) is 25.5. The molecule has 3 rings (SSSR count). The summed E-state index contributed by atoms with van der Waals surface area (Å²) in [5.41, 5.74) is 0. The van der Waals surface area contributed by atoms with Crippen LogP contribution in [0.15, 0.2) is 22.8 Å². The van der Waals surface area contributed by atoms with Gasteiger partial charge in [0, 0.05) is 43.9 Å². The van der Waals surface area contributed by atoms with Crippen LogP contribution >= 0.6 is 15.9 Å². The molecule has 0 spiro atoms. The summed E-state index contributed by atoms with van der Waals surface area (Å²) in [4.78, 5) is 6.83. The number of hydrogen-bond acceptors (Lipinski definition) is 5. The summed E-state index contributed by atoms with van der Waals surface area (Å²) < 4.78 is 18.3. The second-order valence-electron chi connectivity index (χ2n) is 7.03. The van der Waals surface area contributed by atoms with Gasteiger partial charge in [-0.25, -0.2) is 4.98 Å². The first-order chi connectivity index (χ1) is 12.2. The minimum atomic E-state index is -0.0677. The van der Waals surface area contributed by atoms with Crippen molar-refractivity contribution in [2.24, 2.45) is 5.92 Å². The molecule has 1 aliphatic heterocycles. The van der Waals surface area contributed by atoms with Crippen LogP contribution in [0.4, 0.5) is 5.82 Å². The van der Waals surface area contributed by atoms with Crippen LogP contribution in [0.5, 0.6) is 0 Å². The molecule has 0 radical (unpaired) electrons.